The second-order valence-corrected chi connectivity index (χ2v) is 9.54. The number of carbonyl (C=O) groups is 1. The first-order valence-electron chi connectivity index (χ1n) is 11.8. The number of methoxy groups -OCH3 is 2. The lowest BCUT2D eigenvalue weighted by atomic mass is 10.1. The maximum Gasteiger partial charge on any atom is 0.262 e. The molecule has 1 N–H and O–H groups in total. The minimum Gasteiger partial charge on any atom is -0.497 e. The fraction of sp³-hybridized carbons (Fsp3) is 0.200. The quantitative estimate of drug-likeness (QED) is 0.262. The van der Waals surface area contributed by atoms with Gasteiger partial charge in [0.05, 0.1) is 19.9 Å². The molecule has 0 atom stereocenters. The summed E-state index contributed by atoms with van der Waals surface area (Å²) in [6.07, 6.45) is 3.94. The van der Waals surface area contributed by atoms with Crippen LogP contribution in [0.5, 0.6) is 17.2 Å². The van der Waals surface area contributed by atoms with E-state index in [1.165, 1.54) is 0 Å². The number of rotatable bonds is 9. The summed E-state index contributed by atoms with van der Waals surface area (Å²) < 4.78 is 16.5. The van der Waals surface area contributed by atoms with E-state index in [2.05, 4.69) is 5.32 Å². The summed E-state index contributed by atoms with van der Waals surface area (Å²) in [5, 5.41) is 5.88. The van der Waals surface area contributed by atoms with Crippen LogP contribution >= 0.6 is 11.3 Å². The average Bonchev–Trinajstić information content (AvgIpc) is 3.37. The minimum atomic E-state index is -0.225. The van der Waals surface area contributed by atoms with E-state index in [1.54, 1.807) is 31.6 Å². The van der Waals surface area contributed by atoms with Gasteiger partial charge < -0.3 is 19.5 Å². The van der Waals surface area contributed by atoms with Crippen molar-refractivity contribution in [3.63, 3.8) is 0 Å². The highest BCUT2D eigenvalue weighted by Crippen LogP contribution is 2.30. The molecule has 0 aliphatic rings. The summed E-state index contributed by atoms with van der Waals surface area (Å²) in [6.45, 7) is 5.89. The lowest BCUT2D eigenvalue weighted by molar-refractivity contribution is -0.118. The van der Waals surface area contributed by atoms with Crippen molar-refractivity contribution in [1.82, 2.24) is 4.98 Å². The largest absolute Gasteiger partial charge is 0.497 e. The van der Waals surface area contributed by atoms with E-state index in [9.17, 15) is 4.79 Å². The lowest BCUT2D eigenvalue weighted by Crippen LogP contribution is -2.21. The van der Waals surface area contributed by atoms with Gasteiger partial charge >= 0.3 is 0 Å². The Hall–Kier alpha value is -4.10. The monoisotopic (exact) mass is 514 g/mol. The number of nitrogens with one attached hydrogen (secondary N) is 1. The standard InChI is InChI=1S/C30H30N2O4S/c1-19-14-20(2)30(21(3)15-19)32-28(33)17-36-26-12-6-22(16-27(26)35-5)7-13-29-31-25(18-37-29)23-8-10-24(34-4)11-9-23/h6-16,18H,17H2,1-5H3,(H,32,33)/b13-7+. The number of anilines is 1. The molecule has 0 spiro atoms. The fourth-order valence-corrected chi connectivity index (χ4v) is 4.75. The van der Waals surface area contributed by atoms with Crippen molar-refractivity contribution in [3.05, 3.63) is 87.2 Å². The molecule has 0 fully saturated rings. The molecule has 4 aromatic rings. The highest BCUT2D eigenvalue weighted by Gasteiger charge is 2.11. The van der Waals surface area contributed by atoms with Crippen molar-refractivity contribution in [2.75, 3.05) is 26.1 Å². The van der Waals surface area contributed by atoms with Crippen molar-refractivity contribution in [1.29, 1.82) is 0 Å². The zero-order valence-corrected chi connectivity index (χ0v) is 22.4. The second-order valence-electron chi connectivity index (χ2n) is 8.65. The minimum absolute atomic E-state index is 0.119. The van der Waals surface area contributed by atoms with Gasteiger partial charge in [-0.3, -0.25) is 4.79 Å². The predicted octanol–water partition coefficient (Wildman–Crippen LogP) is 6.94. The summed E-state index contributed by atoms with van der Waals surface area (Å²) in [7, 11) is 3.23. The Kier molecular flexibility index (Phi) is 8.25. The molecule has 0 saturated heterocycles. The molecule has 1 heterocycles. The Balaban J connectivity index is 1.39. The average molecular weight is 515 g/mol. The predicted molar refractivity (Wildman–Crippen MR) is 151 cm³/mol. The van der Waals surface area contributed by atoms with Gasteiger partial charge in [-0.25, -0.2) is 4.98 Å². The number of thiazole rings is 1. The van der Waals surface area contributed by atoms with Gasteiger partial charge in [0.25, 0.3) is 5.91 Å². The zero-order valence-electron chi connectivity index (χ0n) is 21.6. The number of amides is 1. The van der Waals surface area contributed by atoms with E-state index >= 15 is 0 Å². The van der Waals surface area contributed by atoms with Crippen LogP contribution < -0.4 is 19.5 Å². The van der Waals surface area contributed by atoms with Gasteiger partial charge in [0.15, 0.2) is 18.1 Å². The number of hydrogen-bond donors (Lipinski definition) is 1. The third-order valence-electron chi connectivity index (χ3n) is 5.81. The van der Waals surface area contributed by atoms with Gasteiger partial charge in [-0.15, -0.1) is 11.3 Å². The summed E-state index contributed by atoms with van der Waals surface area (Å²) in [5.41, 5.74) is 6.92. The van der Waals surface area contributed by atoms with Crippen molar-refractivity contribution >= 4 is 35.1 Å². The SMILES string of the molecule is COc1ccc(-c2csc(/C=C/c3ccc(OCC(=O)Nc4c(C)cc(C)cc4C)c(OC)c3)n2)cc1. The molecule has 190 valence electrons. The van der Waals surface area contributed by atoms with Crippen LogP contribution in [0.4, 0.5) is 5.69 Å². The zero-order chi connectivity index (χ0) is 26.4. The molecule has 7 heteroatoms. The summed E-state index contributed by atoms with van der Waals surface area (Å²) in [4.78, 5) is 17.2. The third-order valence-corrected chi connectivity index (χ3v) is 6.62. The molecular formula is C30H30N2O4S. The number of benzene rings is 3. The molecule has 0 bridgehead atoms. The van der Waals surface area contributed by atoms with Crippen molar-refractivity contribution in [3.8, 4) is 28.5 Å². The Morgan fingerprint density at radius 3 is 2.32 bits per heavy atom. The first-order valence-corrected chi connectivity index (χ1v) is 12.7. The van der Waals surface area contributed by atoms with E-state index in [0.717, 1.165) is 50.0 Å². The van der Waals surface area contributed by atoms with Crippen LogP contribution in [0.2, 0.25) is 0 Å². The van der Waals surface area contributed by atoms with E-state index < -0.39 is 0 Å². The highest BCUT2D eigenvalue weighted by atomic mass is 32.1. The molecule has 0 saturated carbocycles. The fourth-order valence-electron chi connectivity index (χ4n) is 4.03. The van der Waals surface area contributed by atoms with Crippen molar-refractivity contribution in [2.45, 2.75) is 20.8 Å². The second kappa shape index (κ2) is 11.8. The van der Waals surface area contributed by atoms with E-state index in [1.807, 2.05) is 86.8 Å². The molecule has 3 aromatic carbocycles. The smallest absolute Gasteiger partial charge is 0.262 e. The number of aromatic nitrogens is 1. The van der Waals surface area contributed by atoms with E-state index in [4.69, 9.17) is 19.2 Å². The number of carbonyl (C=O) groups excluding carboxylic acids is 1. The third kappa shape index (κ3) is 6.57. The number of aryl methyl sites for hydroxylation is 3. The van der Waals surface area contributed by atoms with Crippen LogP contribution in [0, 0.1) is 20.8 Å². The molecule has 4 rings (SSSR count). The molecular weight excluding hydrogens is 484 g/mol. The van der Waals surface area contributed by atoms with E-state index in [0.29, 0.717) is 11.5 Å². The van der Waals surface area contributed by atoms with Crippen molar-refractivity contribution < 1.29 is 19.0 Å². The maximum absolute atomic E-state index is 12.5. The Morgan fingerprint density at radius 2 is 1.65 bits per heavy atom. The molecule has 1 aromatic heterocycles. The van der Waals surface area contributed by atoms with E-state index in [-0.39, 0.29) is 12.5 Å². The summed E-state index contributed by atoms with van der Waals surface area (Å²) >= 11 is 1.57. The van der Waals surface area contributed by atoms with Gasteiger partial charge in [0.2, 0.25) is 0 Å². The van der Waals surface area contributed by atoms with Gasteiger partial charge in [-0.05, 0) is 79.9 Å². The molecule has 0 aliphatic heterocycles. The molecule has 0 aliphatic carbocycles. The van der Waals surface area contributed by atoms with Crippen LogP contribution in [0.3, 0.4) is 0 Å². The van der Waals surface area contributed by atoms with Crippen molar-refractivity contribution in [2.24, 2.45) is 0 Å². The molecule has 37 heavy (non-hydrogen) atoms. The molecule has 6 nitrogen and oxygen atoms in total. The Bertz CT molecular complexity index is 1400. The van der Waals surface area contributed by atoms with Gasteiger partial charge in [0.1, 0.15) is 10.8 Å². The lowest BCUT2D eigenvalue weighted by Gasteiger charge is -2.14. The van der Waals surface area contributed by atoms with Crippen LogP contribution in [0.15, 0.2) is 60.0 Å². The first-order chi connectivity index (χ1) is 17.9. The molecule has 0 radical (unpaired) electrons. The Labute approximate surface area is 221 Å². The van der Waals surface area contributed by atoms with Crippen LogP contribution in [-0.4, -0.2) is 31.7 Å². The first kappa shape index (κ1) is 26.0. The summed E-state index contributed by atoms with van der Waals surface area (Å²) in [6, 6.07) is 17.5. The number of hydrogen-bond acceptors (Lipinski definition) is 6. The van der Waals surface area contributed by atoms with Gasteiger partial charge in [-0.1, -0.05) is 29.8 Å². The number of ether oxygens (including phenoxy) is 3. The topological polar surface area (TPSA) is 69.7 Å². The van der Waals surface area contributed by atoms with Crippen LogP contribution in [0.25, 0.3) is 23.4 Å². The van der Waals surface area contributed by atoms with Gasteiger partial charge in [0, 0.05) is 16.6 Å². The molecule has 1 amide bonds. The molecule has 0 unspecified atom stereocenters. The van der Waals surface area contributed by atoms with Crippen LogP contribution in [0.1, 0.15) is 27.3 Å². The normalized spacial score (nSPS) is 10.9. The summed E-state index contributed by atoms with van der Waals surface area (Å²) in [5.74, 6) is 1.65. The maximum atomic E-state index is 12.5. The van der Waals surface area contributed by atoms with Crippen LogP contribution in [-0.2, 0) is 4.79 Å². The number of nitrogens with zero attached hydrogens (tertiary/aromatic N) is 1. The highest BCUT2D eigenvalue weighted by molar-refractivity contribution is 7.10. The Morgan fingerprint density at radius 1 is 0.919 bits per heavy atom. The van der Waals surface area contributed by atoms with Gasteiger partial charge in [-0.2, -0.15) is 0 Å².